The summed E-state index contributed by atoms with van der Waals surface area (Å²) < 4.78 is 31.8. The summed E-state index contributed by atoms with van der Waals surface area (Å²) in [4.78, 5) is 25.0. The molecule has 0 heterocycles. The SMILES string of the molecule is Cc1cc(OCCCC2=C(C(=O)NCC(=O)NS(=O)(=O)C3CC3)Cc3ccccc32)cc(C)c1Cl. The van der Waals surface area contributed by atoms with E-state index < -0.39 is 27.7 Å². The molecule has 0 radical (unpaired) electrons. The minimum Gasteiger partial charge on any atom is -0.494 e. The van der Waals surface area contributed by atoms with Crippen molar-refractivity contribution < 1.29 is 22.7 Å². The van der Waals surface area contributed by atoms with Gasteiger partial charge in [-0.15, -0.1) is 0 Å². The van der Waals surface area contributed by atoms with Crippen LogP contribution in [0, 0.1) is 13.8 Å². The molecule has 186 valence electrons. The number of rotatable bonds is 10. The second kappa shape index (κ2) is 10.4. The van der Waals surface area contributed by atoms with Gasteiger partial charge in [0.05, 0.1) is 18.4 Å². The van der Waals surface area contributed by atoms with Gasteiger partial charge in [-0.05, 0) is 79.5 Å². The number of halogens is 1. The van der Waals surface area contributed by atoms with Crippen LogP contribution in [0.5, 0.6) is 5.75 Å². The number of benzene rings is 2. The lowest BCUT2D eigenvalue weighted by Gasteiger charge is -2.12. The molecule has 0 unspecified atom stereocenters. The zero-order chi connectivity index (χ0) is 25.2. The molecule has 0 bridgehead atoms. The number of aryl methyl sites for hydroxylation is 2. The molecule has 35 heavy (non-hydrogen) atoms. The van der Waals surface area contributed by atoms with E-state index >= 15 is 0 Å². The molecule has 4 rings (SSSR count). The summed E-state index contributed by atoms with van der Waals surface area (Å²) in [7, 11) is -3.64. The number of hydrogen-bond acceptors (Lipinski definition) is 5. The van der Waals surface area contributed by atoms with Crippen LogP contribution in [0.1, 0.15) is 47.9 Å². The van der Waals surface area contributed by atoms with Crippen molar-refractivity contribution in [2.75, 3.05) is 13.2 Å². The summed E-state index contributed by atoms with van der Waals surface area (Å²) in [6.45, 7) is 3.96. The Hall–Kier alpha value is -2.84. The second-order valence-electron chi connectivity index (χ2n) is 9.07. The molecule has 0 aliphatic heterocycles. The quantitative estimate of drug-likeness (QED) is 0.467. The van der Waals surface area contributed by atoms with Crippen LogP contribution in [0.4, 0.5) is 0 Å². The predicted octanol–water partition coefficient (Wildman–Crippen LogP) is 3.85. The van der Waals surface area contributed by atoms with Crippen molar-refractivity contribution in [2.24, 2.45) is 0 Å². The van der Waals surface area contributed by atoms with Crippen molar-refractivity contribution in [3.63, 3.8) is 0 Å². The van der Waals surface area contributed by atoms with Gasteiger partial charge in [-0.25, -0.2) is 8.42 Å². The minimum absolute atomic E-state index is 0.361. The molecule has 2 amide bonds. The van der Waals surface area contributed by atoms with Crippen molar-refractivity contribution in [1.82, 2.24) is 10.0 Å². The highest BCUT2D eigenvalue weighted by atomic mass is 35.5. The van der Waals surface area contributed by atoms with E-state index in [0.717, 1.165) is 38.6 Å². The van der Waals surface area contributed by atoms with Gasteiger partial charge in [-0.2, -0.15) is 0 Å². The molecule has 2 aliphatic rings. The Morgan fingerprint density at radius 3 is 2.49 bits per heavy atom. The van der Waals surface area contributed by atoms with Crippen LogP contribution in [0.25, 0.3) is 5.57 Å². The van der Waals surface area contributed by atoms with E-state index in [-0.39, 0.29) is 5.91 Å². The number of hydrogen-bond donors (Lipinski definition) is 2. The molecule has 0 spiro atoms. The molecule has 2 N–H and O–H groups in total. The zero-order valence-corrected chi connectivity index (χ0v) is 21.4. The van der Waals surface area contributed by atoms with Crippen molar-refractivity contribution in [2.45, 2.75) is 51.2 Å². The van der Waals surface area contributed by atoms with Gasteiger partial charge in [-0.1, -0.05) is 35.9 Å². The molecule has 2 aliphatic carbocycles. The summed E-state index contributed by atoms with van der Waals surface area (Å²) >= 11 is 6.23. The molecule has 2 aromatic rings. The first-order valence-corrected chi connectivity index (χ1v) is 13.6. The third-order valence-electron chi connectivity index (χ3n) is 6.23. The molecule has 0 saturated heterocycles. The lowest BCUT2D eigenvalue weighted by molar-refractivity contribution is -0.123. The number of amides is 2. The first-order valence-electron chi connectivity index (χ1n) is 11.7. The van der Waals surface area contributed by atoms with Gasteiger partial charge in [0.25, 0.3) is 5.91 Å². The van der Waals surface area contributed by atoms with Gasteiger partial charge in [0.15, 0.2) is 0 Å². The maximum absolute atomic E-state index is 13.0. The van der Waals surface area contributed by atoms with Crippen LogP contribution in [-0.4, -0.2) is 38.6 Å². The van der Waals surface area contributed by atoms with Crippen LogP contribution in [0.15, 0.2) is 42.0 Å². The highest BCUT2D eigenvalue weighted by Gasteiger charge is 2.36. The maximum Gasteiger partial charge on any atom is 0.252 e. The number of fused-ring (bicyclic) bond motifs is 1. The molecular formula is C26H29ClN2O5S. The predicted molar refractivity (Wildman–Crippen MR) is 136 cm³/mol. The number of carbonyl (C=O) groups excluding carboxylic acids is 2. The van der Waals surface area contributed by atoms with E-state index in [0.29, 0.717) is 44.3 Å². The van der Waals surface area contributed by atoms with Crippen LogP contribution in [0.2, 0.25) is 5.02 Å². The summed E-state index contributed by atoms with van der Waals surface area (Å²) in [5, 5.41) is 2.83. The standard InChI is InChI=1S/C26H29ClN2O5S/c1-16-12-19(13-17(2)25(16)27)34-11-5-8-22-21-7-4-3-6-18(21)14-23(22)26(31)28-15-24(30)29-35(32,33)20-9-10-20/h3-4,6-7,12-13,20H,5,8-11,14-15H2,1-2H3,(H,28,31)(H,29,30). The Kier molecular flexibility index (Phi) is 7.52. The summed E-state index contributed by atoms with van der Waals surface area (Å²) in [6.07, 6.45) is 2.92. The molecule has 7 nitrogen and oxygen atoms in total. The Balaban J connectivity index is 1.38. The van der Waals surface area contributed by atoms with Gasteiger partial charge in [0.1, 0.15) is 5.75 Å². The third kappa shape index (κ3) is 6.05. The van der Waals surface area contributed by atoms with E-state index in [1.807, 2.05) is 55.0 Å². The van der Waals surface area contributed by atoms with Crippen LogP contribution < -0.4 is 14.8 Å². The van der Waals surface area contributed by atoms with Gasteiger partial charge < -0.3 is 10.1 Å². The van der Waals surface area contributed by atoms with Crippen molar-refractivity contribution in [3.8, 4) is 5.75 Å². The van der Waals surface area contributed by atoms with E-state index in [9.17, 15) is 18.0 Å². The Morgan fingerprint density at radius 2 is 1.80 bits per heavy atom. The fraction of sp³-hybridized carbons (Fsp3) is 0.385. The zero-order valence-electron chi connectivity index (χ0n) is 19.8. The average Bonchev–Trinajstić information content (AvgIpc) is 3.61. The Bertz CT molecular complexity index is 1280. The lowest BCUT2D eigenvalue weighted by atomic mass is 10.0. The van der Waals surface area contributed by atoms with Gasteiger partial charge in [-0.3, -0.25) is 14.3 Å². The molecule has 1 saturated carbocycles. The smallest absolute Gasteiger partial charge is 0.252 e. The fourth-order valence-corrected chi connectivity index (χ4v) is 5.71. The monoisotopic (exact) mass is 516 g/mol. The third-order valence-corrected chi connectivity index (χ3v) is 8.68. The summed E-state index contributed by atoms with van der Waals surface area (Å²) in [5.74, 6) is -0.333. The van der Waals surface area contributed by atoms with Crippen molar-refractivity contribution in [3.05, 3.63) is 69.2 Å². The normalized spacial score (nSPS) is 15.1. The molecule has 0 atom stereocenters. The van der Waals surface area contributed by atoms with Gasteiger partial charge in [0.2, 0.25) is 15.9 Å². The van der Waals surface area contributed by atoms with Crippen LogP contribution in [-0.2, 0) is 26.0 Å². The number of sulfonamides is 1. The fourth-order valence-electron chi connectivity index (χ4n) is 4.28. The molecule has 2 aromatic carbocycles. The number of ether oxygens (including phenoxy) is 1. The van der Waals surface area contributed by atoms with E-state index in [2.05, 4.69) is 5.32 Å². The lowest BCUT2D eigenvalue weighted by Crippen LogP contribution is -2.41. The van der Waals surface area contributed by atoms with Crippen molar-refractivity contribution in [1.29, 1.82) is 0 Å². The average molecular weight is 517 g/mol. The highest BCUT2D eigenvalue weighted by Crippen LogP contribution is 2.36. The summed E-state index contributed by atoms with van der Waals surface area (Å²) in [5.41, 5.74) is 5.53. The second-order valence-corrected chi connectivity index (χ2v) is 11.4. The minimum atomic E-state index is -3.64. The van der Waals surface area contributed by atoms with Crippen LogP contribution >= 0.6 is 11.6 Å². The highest BCUT2D eigenvalue weighted by molar-refractivity contribution is 7.90. The molecular weight excluding hydrogens is 488 g/mol. The number of allylic oxidation sites excluding steroid dienone is 1. The Morgan fingerprint density at radius 1 is 1.11 bits per heavy atom. The molecule has 9 heteroatoms. The van der Waals surface area contributed by atoms with Gasteiger partial charge >= 0.3 is 0 Å². The van der Waals surface area contributed by atoms with E-state index in [1.54, 1.807) is 0 Å². The first kappa shape index (κ1) is 25.3. The van der Waals surface area contributed by atoms with Crippen molar-refractivity contribution >= 4 is 39.0 Å². The largest absolute Gasteiger partial charge is 0.494 e. The van der Waals surface area contributed by atoms with Gasteiger partial charge in [0, 0.05) is 17.0 Å². The summed E-state index contributed by atoms with van der Waals surface area (Å²) in [6, 6.07) is 11.7. The topological polar surface area (TPSA) is 102 Å². The number of nitrogens with one attached hydrogen (secondary N) is 2. The first-order chi connectivity index (χ1) is 16.7. The maximum atomic E-state index is 13.0. The molecule has 0 aromatic heterocycles. The molecule has 1 fully saturated rings. The Labute approximate surface area is 210 Å². The number of carbonyl (C=O) groups is 2. The van der Waals surface area contributed by atoms with E-state index in [1.165, 1.54) is 0 Å². The van der Waals surface area contributed by atoms with E-state index in [4.69, 9.17) is 16.3 Å². The van der Waals surface area contributed by atoms with Crippen LogP contribution in [0.3, 0.4) is 0 Å².